The Morgan fingerprint density at radius 3 is 2.23 bits per heavy atom. The lowest BCUT2D eigenvalue weighted by Crippen LogP contribution is -2.70. The molecule has 26 heavy (non-hydrogen) atoms. The van der Waals surface area contributed by atoms with E-state index in [1.54, 1.807) is 25.7 Å². The van der Waals surface area contributed by atoms with Crippen molar-refractivity contribution in [2.24, 2.45) is 0 Å². The van der Waals surface area contributed by atoms with Crippen LogP contribution in [0, 0.1) is 0 Å². The molecule has 2 rings (SSSR count). The minimum absolute atomic E-state index is 0.0136. The van der Waals surface area contributed by atoms with Gasteiger partial charge >= 0.3 is 6.09 Å². The van der Waals surface area contributed by atoms with Gasteiger partial charge in [0.1, 0.15) is 16.5 Å². The largest absolute Gasteiger partial charge is 0.444 e. The summed E-state index contributed by atoms with van der Waals surface area (Å²) in [5.74, 6) is 0.929. The number of nitrogens with one attached hydrogen (secondary N) is 2. The Balaban J connectivity index is 2.04. The minimum Gasteiger partial charge on any atom is -0.444 e. The Bertz CT molecular complexity index is 528. The maximum atomic E-state index is 13.0. The molecule has 150 valence electrons. The van der Waals surface area contributed by atoms with Crippen LogP contribution >= 0.6 is 11.8 Å². The molecule has 1 spiro atoms. The molecule has 2 amide bonds. The number of carbonyl (C=O) groups excluding carboxylic acids is 2. The number of amides is 2. The van der Waals surface area contributed by atoms with E-state index in [1.807, 2.05) is 39.5 Å². The zero-order valence-corrected chi connectivity index (χ0v) is 17.8. The summed E-state index contributed by atoms with van der Waals surface area (Å²) in [5.41, 5.74) is -1.05. The van der Waals surface area contributed by atoms with Gasteiger partial charge < -0.3 is 19.7 Å². The van der Waals surface area contributed by atoms with Gasteiger partial charge in [-0.3, -0.25) is 10.1 Å². The quantitative estimate of drug-likeness (QED) is 0.768. The number of nitrogens with zero attached hydrogens (tertiary/aromatic N) is 1. The van der Waals surface area contributed by atoms with E-state index in [-0.39, 0.29) is 10.8 Å². The predicted octanol–water partition coefficient (Wildman–Crippen LogP) is 1.96. The first kappa shape index (κ1) is 21.3. The summed E-state index contributed by atoms with van der Waals surface area (Å²) in [6.07, 6.45) is -1.08. The first-order valence-corrected chi connectivity index (χ1v) is 10.1. The number of thioether (sulfide) groups is 1. The number of ether oxygens (including phenoxy) is 2. The van der Waals surface area contributed by atoms with Gasteiger partial charge in [0, 0.05) is 12.3 Å². The van der Waals surface area contributed by atoms with Crippen LogP contribution in [0.1, 0.15) is 48.5 Å². The Hall–Kier alpha value is -0.990. The van der Waals surface area contributed by atoms with Gasteiger partial charge in [-0.1, -0.05) is 0 Å². The van der Waals surface area contributed by atoms with E-state index in [9.17, 15) is 9.59 Å². The van der Waals surface area contributed by atoms with Crippen molar-refractivity contribution in [2.75, 3.05) is 25.4 Å². The highest BCUT2D eigenvalue weighted by Gasteiger charge is 2.49. The number of carbonyl (C=O) groups is 2. The molecule has 7 nitrogen and oxygen atoms in total. The van der Waals surface area contributed by atoms with E-state index in [0.717, 1.165) is 12.3 Å². The van der Waals surface area contributed by atoms with Gasteiger partial charge in [-0.15, -0.1) is 11.8 Å². The molecule has 0 aromatic carbocycles. The molecular weight excluding hydrogens is 354 g/mol. The second-order valence-electron chi connectivity index (χ2n) is 9.02. The normalized spacial score (nSPS) is 21.9. The molecule has 8 heteroatoms. The van der Waals surface area contributed by atoms with E-state index in [1.165, 1.54) is 0 Å². The van der Waals surface area contributed by atoms with E-state index in [2.05, 4.69) is 10.6 Å². The SMILES string of the molecule is C[C@@H](OC(C)(C)C)[C@H](NC(=O)OC(C)(C)C)C(=O)N1CC2(C1)NCCS2. The first-order valence-electron chi connectivity index (χ1n) is 9.15. The van der Waals surface area contributed by atoms with Gasteiger partial charge in [-0.05, 0) is 48.5 Å². The van der Waals surface area contributed by atoms with Gasteiger partial charge in [-0.2, -0.15) is 0 Å². The van der Waals surface area contributed by atoms with Crippen molar-refractivity contribution in [3.63, 3.8) is 0 Å². The van der Waals surface area contributed by atoms with Gasteiger partial charge in [0.15, 0.2) is 0 Å². The fourth-order valence-electron chi connectivity index (χ4n) is 3.14. The van der Waals surface area contributed by atoms with Crippen molar-refractivity contribution in [1.82, 2.24) is 15.5 Å². The molecule has 2 aliphatic rings. The van der Waals surface area contributed by atoms with Crippen LogP contribution in [0.25, 0.3) is 0 Å². The second-order valence-corrected chi connectivity index (χ2v) is 10.5. The fraction of sp³-hybridized carbons (Fsp3) is 0.889. The average Bonchev–Trinajstić information content (AvgIpc) is 2.88. The van der Waals surface area contributed by atoms with Gasteiger partial charge in [-0.25, -0.2) is 4.79 Å². The van der Waals surface area contributed by atoms with Crippen LogP contribution in [0.3, 0.4) is 0 Å². The minimum atomic E-state index is -0.784. The lowest BCUT2D eigenvalue weighted by Gasteiger charge is -2.48. The lowest BCUT2D eigenvalue weighted by atomic mass is 10.0. The summed E-state index contributed by atoms with van der Waals surface area (Å²) < 4.78 is 11.3. The Morgan fingerprint density at radius 2 is 1.77 bits per heavy atom. The molecule has 0 radical (unpaired) electrons. The van der Waals surface area contributed by atoms with Crippen LogP contribution in [0.4, 0.5) is 4.79 Å². The summed E-state index contributed by atoms with van der Waals surface area (Å²) in [6, 6.07) is -0.784. The molecule has 2 N–H and O–H groups in total. The van der Waals surface area contributed by atoms with Crippen LogP contribution in [-0.4, -0.2) is 70.5 Å². The molecule has 0 aromatic heterocycles. The molecule has 2 fully saturated rings. The standard InChI is InChI=1S/C18H33N3O4S/c1-12(24-16(2,3)4)13(20-15(23)25-17(5,6)7)14(22)21-10-18(11-21)19-8-9-26-18/h12-13,19H,8-11H2,1-7H3,(H,20,23)/t12-,13+/m1/s1. The summed E-state index contributed by atoms with van der Waals surface area (Å²) in [7, 11) is 0. The monoisotopic (exact) mass is 387 g/mol. The van der Waals surface area contributed by atoms with Crippen LogP contribution in [-0.2, 0) is 14.3 Å². The third-order valence-corrected chi connectivity index (χ3v) is 5.44. The van der Waals surface area contributed by atoms with E-state index in [0.29, 0.717) is 13.1 Å². The summed E-state index contributed by atoms with van der Waals surface area (Å²) in [5, 5.41) is 6.18. The average molecular weight is 388 g/mol. The van der Waals surface area contributed by atoms with Crippen molar-refractivity contribution in [1.29, 1.82) is 0 Å². The molecule has 2 aliphatic heterocycles. The van der Waals surface area contributed by atoms with Crippen molar-refractivity contribution in [2.45, 2.75) is 76.7 Å². The van der Waals surface area contributed by atoms with Crippen molar-refractivity contribution in [3.8, 4) is 0 Å². The second kappa shape index (κ2) is 7.56. The highest BCUT2D eigenvalue weighted by molar-refractivity contribution is 8.01. The molecule has 2 atom stereocenters. The third-order valence-electron chi connectivity index (χ3n) is 4.08. The Morgan fingerprint density at radius 1 is 1.15 bits per heavy atom. The molecule has 2 heterocycles. The maximum absolute atomic E-state index is 13.0. The summed E-state index contributed by atoms with van der Waals surface area (Å²) >= 11 is 1.86. The Labute approximate surface area is 160 Å². The van der Waals surface area contributed by atoms with E-state index in [4.69, 9.17) is 9.47 Å². The fourth-order valence-corrected chi connectivity index (χ4v) is 4.44. The molecule has 0 unspecified atom stereocenters. The number of alkyl carbamates (subject to hydrolysis) is 1. The highest BCUT2D eigenvalue weighted by atomic mass is 32.2. The zero-order chi connectivity index (χ0) is 19.8. The number of hydrogen-bond donors (Lipinski definition) is 2. The van der Waals surface area contributed by atoms with Crippen LogP contribution in [0.5, 0.6) is 0 Å². The number of likely N-dealkylation sites (tertiary alicyclic amines) is 1. The van der Waals surface area contributed by atoms with Crippen molar-refractivity contribution in [3.05, 3.63) is 0 Å². The van der Waals surface area contributed by atoms with Crippen molar-refractivity contribution >= 4 is 23.8 Å². The topological polar surface area (TPSA) is 79.9 Å². The van der Waals surface area contributed by atoms with Gasteiger partial charge in [0.2, 0.25) is 5.91 Å². The maximum Gasteiger partial charge on any atom is 0.408 e. The van der Waals surface area contributed by atoms with E-state index >= 15 is 0 Å². The molecule has 0 aliphatic carbocycles. The zero-order valence-electron chi connectivity index (χ0n) is 17.0. The smallest absolute Gasteiger partial charge is 0.408 e. The van der Waals surface area contributed by atoms with Crippen LogP contribution < -0.4 is 10.6 Å². The third kappa shape index (κ3) is 5.76. The molecule has 0 saturated carbocycles. The Kier molecular flexibility index (Phi) is 6.20. The van der Waals surface area contributed by atoms with Gasteiger partial charge in [0.05, 0.1) is 24.8 Å². The number of rotatable bonds is 4. The lowest BCUT2D eigenvalue weighted by molar-refractivity contribution is -0.146. The summed E-state index contributed by atoms with van der Waals surface area (Å²) in [4.78, 5) is 27.0. The van der Waals surface area contributed by atoms with E-state index < -0.39 is 29.4 Å². The highest BCUT2D eigenvalue weighted by Crippen LogP contribution is 2.36. The molecule has 0 bridgehead atoms. The predicted molar refractivity (Wildman–Crippen MR) is 103 cm³/mol. The van der Waals surface area contributed by atoms with Crippen LogP contribution in [0.2, 0.25) is 0 Å². The number of hydrogen-bond acceptors (Lipinski definition) is 6. The van der Waals surface area contributed by atoms with Gasteiger partial charge in [0.25, 0.3) is 0 Å². The molecular formula is C18H33N3O4S. The van der Waals surface area contributed by atoms with Crippen molar-refractivity contribution < 1.29 is 19.1 Å². The first-order chi connectivity index (χ1) is 11.8. The summed E-state index contributed by atoms with van der Waals surface area (Å²) in [6.45, 7) is 15.2. The molecule has 2 saturated heterocycles. The molecule has 0 aromatic rings. The van der Waals surface area contributed by atoms with Crippen LogP contribution in [0.15, 0.2) is 0 Å².